The average Bonchev–Trinajstić information content (AvgIpc) is 2.93. The minimum Gasteiger partial charge on any atom is -0.494 e. The molecule has 0 unspecified atom stereocenters. The first-order valence-electron chi connectivity index (χ1n) is 6.74. The van der Waals surface area contributed by atoms with Crippen LogP contribution in [0.5, 0.6) is 5.75 Å². The van der Waals surface area contributed by atoms with Crippen molar-refractivity contribution in [2.45, 2.75) is 13.1 Å². The molecule has 0 aliphatic carbocycles. The Labute approximate surface area is 128 Å². The Morgan fingerprint density at radius 2 is 2.14 bits per heavy atom. The number of guanidine groups is 1. The van der Waals surface area contributed by atoms with Gasteiger partial charge in [0.1, 0.15) is 12.2 Å². The number of aryl methyl sites for hydroxylation is 1. The van der Waals surface area contributed by atoms with Crippen molar-refractivity contribution in [2.75, 3.05) is 14.2 Å². The monoisotopic (exact) mass is 306 g/mol. The van der Waals surface area contributed by atoms with E-state index in [1.165, 1.54) is 19.5 Å². The molecule has 0 saturated carbocycles. The first-order valence-corrected chi connectivity index (χ1v) is 6.74. The number of hydrogen-bond donors (Lipinski definition) is 2. The summed E-state index contributed by atoms with van der Waals surface area (Å²) in [5, 5.41) is 10.2. The highest BCUT2D eigenvalue weighted by Gasteiger charge is 2.05. The van der Waals surface area contributed by atoms with Crippen LogP contribution in [0.4, 0.5) is 4.39 Å². The van der Waals surface area contributed by atoms with E-state index >= 15 is 0 Å². The highest BCUT2D eigenvalue weighted by atomic mass is 19.1. The van der Waals surface area contributed by atoms with E-state index in [4.69, 9.17) is 4.74 Å². The lowest BCUT2D eigenvalue weighted by atomic mass is 10.2. The van der Waals surface area contributed by atoms with Crippen molar-refractivity contribution in [3.8, 4) is 5.75 Å². The van der Waals surface area contributed by atoms with E-state index < -0.39 is 0 Å². The largest absolute Gasteiger partial charge is 0.494 e. The Balaban J connectivity index is 1.88. The van der Waals surface area contributed by atoms with E-state index in [1.54, 1.807) is 23.9 Å². The molecule has 2 rings (SSSR count). The zero-order valence-electron chi connectivity index (χ0n) is 12.8. The summed E-state index contributed by atoms with van der Waals surface area (Å²) in [5.74, 6) is 1.23. The Bertz CT molecular complexity index is 655. The van der Waals surface area contributed by atoms with E-state index in [2.05, 4.69) is 25.7 Å². The van der Waals surface area contributed by atoms with Crippen molar-refractivity contribution in [3.63, 3.8) is 0 Å². The molecule has 2 aromatic rings. The molecule has 0 fully saturated rings. The standard InChI is InChI=1S/C14H19FN6O/c1-16-14(18-8-13-19-9-20-21(13)2)17-7-10-4-5-12(22-3)11(15)6-10/h4-6,9H,7-8H2,1-3H3,(H2,16,17,18). The van der Waals surface area contributed by atoms with Gasteiger partial charge in [0.2, 0.25) is 0 Å². The molecule has 0 radical (unpaired) electrons. The molecule has 1 heterocycles. The Kier molecular flexibility index (Phi) is 5.29. The molecule has 2 N–H and O–H groups in total. The number of benzene rings is 1. The van der Waals surface area contributed by atoms with Crippen LogP contribution in [0.25, 0.3) is 0 Å². The molecule has 0 aliphatic rings. The van der Waals surface area contributed by atoms with Crippen molar-refractivity contribution in [3.05, 3.63) is 41.7 Å². The van der Waals surface area contributed by atoms with Crippen LogP contribution < -0.4 is 15.4 Å². The number of hydrogen-bond acceptors (Lipinski definition) is 4. The van der Waals surface area contributed by atoms with E-state index in [0.717, 1.165) is 11.4 Å². The molecule has 1 aromatic carbocycles. The molecule has 8 heteroatoms. The molecule has 0 bridgehead atoms. The predicted octanol–water partition coefficient (Wildman–Crippen LogP) is 0.828. The number of nitrogens with zero attached hydrogens (tertiary/aromatic N) is 4. The summed E-state index contributed by atoms with van der Waals surface area (Å²) in [6, 6.07) is 4.83. The van der Waals surface area contributed by atoms with Crippen molar-refractivity contribution in [2.24, 2.45) is 12.0 Å². The number of aliphatic imine (C=N–C) groups is 1. The molecular formula is C14H19FN6O. The number of aromatic nitrogens is 3. The van der Waals surface area contributed by atoms with Crippen LogP contribution in [-0.4, -0.2) is 34.9 Å². The highest BCUT2D eigenvalue weighted by Crippen LogP contribution is 2.17. The summed E-state index contributed by atoms with van der Waals surface area (Å²) >= 11 is 0. The van der Waals surface area contributed by atoms with Gasteiger partial charge in [-0.3, -0.25) is 9.67 Å². The Hall–Kier alpha value is -2.64. The fraction of sp³-hybridized carbons (Fsp3) is 0.357. The Morgan fingerprint density at radius 3 is 2.73 bits per heavy atom. The van der Waals surface area contributed by atoms with Crippen LogP contribution in [0.1, 0.15) is 11.4 Å². The van der Waals surface area contributed by atoms with Crippen LogP contribution in [0, 0.1) is 5.82 Å². The first-order chi connectivity index (χ1) is 10.6. The second-order valence-electron chi connectivity index (χ2n) is 4.55. The van der Waals surface area contributed by atoms with Crippen LogP contribution >= 0.6 is 0 Å². The SMILES string of the molecule is CN=C(NCc1ccc(OC)c(F)c1)NCc1ncnn1C. The van der Waals surface area contributed by atoms with E-state index in [1.807, 2.05) is 7.05 Å². The summed E-state index contributed by atoms with van der Waals surface area (Å²) in [6.45, 7) is 0.937. The third-order valence-corrected chi connectivity index (χ3v) is 3.12. The smallest absolute Gasteiger partial charge is 0.191 e. The quantitative estimate of drug-likeness (QED) is 0.632. The maximum Gasteiger partial charge on any atom is 0.191 e. The molecule has 0 saturated heterocycles. The molecular weight excluding hydrogens is 287 g/mol. The van der Waals surface area contributed by atoms with E-state index in [-0.39, 0.29) is 11.6 Å². The molecule has 1 aromatic heterocycles. The number of ether oxygens (including phenoxy) is 1. The van der Waals surface area contributed by atoms with Crippen molar-refractivity contribution >= 4 is 5.96 Å². The van der Waals surface area contributed by atoms with Gasteiger partial charge in [-0.25, -0.2) is 9.37 Å². The number of nitrogens with one attached hydrogen (secondary N) is 2. The second-order valence-corrected chi connectivity index (χ2v) is 4.55. The molecule has 0 atom stereocenters. The average molecular weight is 306 g/mol. The van der Waals surface area contributed by atoms with Gasteiger partial charge in [0, 0.05) is 20.6 Å². The van der Waals surface area contributed by atoms with Gasteiger partial charge in [-0.1, -0.05) is 6.07 Å². The minimum absolute atomic E-state index is 0.230. The summed E-state index contributed by atoms with van der Waals surface area (Å²) in [7, 11) is 4.93. The normalized spacial score (nSPS) is 11.4. The summed E-state index contributed by atoms with van der Waals surface area (Å²) in [6.07, 6.45) is 1.49. The van der Waals surface area contributed by atoms with Crippen LogP contribution in [0.3, 0.4) is 0 Å². The molecule has 118 valence electrons. The lowest BCUT2D eigenvalue weighted by molar-refractivity contribution is 0.386. The fourth-order valence-corrected chi connectivity index (χ4v) is 1.87. The van der Waals surface area contributed by atoms with Crippen LogP contribution in [0.15, 0.2) is 29.5 Å². The third kappa shape index (κ3) is 3.94. The zero-order valence-corrected chi connectivity index (χ0v) is 12.8. The zero-order chi connectivity index (χ0) is 15.9. The summed E-state index contributed by atoms with van der Waals surface area (Å²) in [5.41, 5.74) is 0.792. The lowest BCUT2D eigenvalue weighted by Gasteiger charge is -2.12. The summed E-state index contributed by atoms with van der Waals surface area (Å²) in [4.78, 5) is 8.22. The van der Waals surface area contributed by atoms with Crippen molar-refractivity contribution < 1.29 is 9.13 Å². The van der Waals surface area contributed by atoms with Gasteiger partial charge in [0.05, 0.1) is 13.7 Å². The van der Waals surface area contributed by atoms with Gasteiger partial charge in [-0.15, -0.1) is 0 Å². The molecule has 0 amide bonds. The number of methoxy groups -OCH3 is 1. The van der Waals surface area contributed by atoms with Crippen LogP contribution in [0.2, 0.25) is 0 Å². The maximum absolute atomic E-state index is 13.6. The van der Waals surface area contributed by atoms with Gasteiger partial charge in [-0.2, -0.15) is 5.10 Å². The molecule has 22 heavy (non-hydrogen) atoms. The molecule has 0 aliphatic heterocycles. The fourth-order valence-electron chi connectivity index (χ4n) is 1.87. The van der Waals surface area contributed by atoms with Gasteiger partial charge in [-0.05, 0) is 17.7 Å². The van der Waals surface area contributed by atoms with Gasteiger partial charge in [0.25, 0.3) is 0 Å². The van der Waals surface area contributed by atoms with Gasteiger partial charge in [0.15, 0.2) is 17.5 Å². The topological polar surface area (TPSA) is 76.4 Å². The lowest BCUT2D eigenvalue weighted by Crippen LogP contribution is -2.36. The summed E-state index contributed by atoms with van der Waals surface area (Å²) < 4.78 is 20.2. The van der Waals surface area contributed by atoms with E-state index in [9.17, 15) is 4.39 Å². The van der Waals surface area contributed by atoms with Crippen molar-refractivity contribution in [1.82, 2.24) is 25.4 Å². The second kappa shape index (κ2) is 7.39. The van der Waals surface area contributed by atoms with Gasteiger partial charge >= 0.3 is 0 Å². The predicted molar refractivity (Wildman–Crippen MR) is 81.0 cm³/mol. The van der Waals surface area contributed by atoms with Gasteiger partial charge < -0.3 is 15.4 Å². The minimum atomic E-state index is -0.385. The molecule has 7 nitrogen and oxygen atoms in total. The van der Waals surface area contributed by atoms with Crippen LogP contribution in [-0.2, 0) is 20.1 Å². The van der Waals surface area contributed by atoms with Crippen molar-refractivity contribution in [1.29, 1.82) is 0 Å². The molecule has 0 spiro atoms. The van der Waals surface area contributed by atoms with E-state index in [0.29, 0.717) is 19.0 Å². The number of halogens is 1. The highest BCUT2D eigenvalue weighted by molar-refractivity contribution is 5.79. The number of rotatable bonds is 5. The Morgan fingerprint density at radius 1 is 1.36 bits per heavy atom. The third-order valence-electron chi connectivity index (χ3n) is 3.12. The first kappa shape index (κ1) is 15.7. The maximum atomic E-state index is 13.6.